The van der Waals surface area contributed by atoms with Crippen molar-refractivity contribution in [2.24, 2.45) is 5.41 Å². The van der Waals surface area contributed by atoms with Crippen LogP contribution in [0.1, 0.15) is 25.3 Å². The van der Waals surface area contributed by atoms with E-state index in [1.54, 1.807) is 19.1 Å². The molecule has 1 aromatic carbocycles. The van der Waals surface area contributed by atoms with E-state index in [1.165, 1.54) is 6.07 Å². The summed E-state index contributed by atoms with van der Waals surface area (Å²) < 4.78 is 0. The maximum atomic E-state index is 12.4. The van der Waals surface area contributed by atoms with E-state index in [2.05, 4.69) is 10.6 Å². The highest BCUT2D eigenvalue weighted by Crippen LogP contribution is 2.31. The molecular weight excluding hydrogens is 258 g/mol. The quantitative estimate of drug-likeness (QED) is 0.653. The lowest BCUT2D eigenvalue weighted by molar-refractivity contribution is -0.385. The molecule has 1 heterocycles. The van der Waals surface area contributed by atoms with Gasteiger partial charge in [-0.05, 0) is 32.4 Å². The van der Waals surface area contributed by atoms with Crippen LogP contribution in [-0.2, 0) is 4.79 Å². The molecule has 0 radical (unpaired) electrons. The highest BCUT2D eigenvalue weighted by atomic mass is 16.6. The summed E-state index contributed by atoms with van der Waals surface area (Å²) in [5.74, 6) is -0.0665. The van der Waals surface area contributed by atoms with Gasteiger partial charge in [-0.15, -0.1) is 0 Å². The molecule has 1 unspecified atom stereocenters. The van der Waals surface area contributed by atoms with Gasteiger partial charge in [0.25, 0.3) is 5.69 Å². The lowest BCUT2D eigenvalue weighted by Crippen LogP contribution is -2.37. The third-order valence-electron chi connectivity index (χ3n) is 4.07. The van der Waals surface area contributed by atoms with E-state index in [-0.39, 0.29) is 11.6 Å². The first-order valence-electron chi connectivity index (χ1n) is 6.76. The fourth-order valence-electron chi connectivity index (χ4n) is 2.55. The number of carbonyl (C=O) groups is 1. The molecule has 0 saturated carbocycles. The normalized spacial score (nSPS) is 21.7. The number of rotatable bonds is 4. The molecule has 6 heteroatoms. The van der Waals surface area contributed by atoms with Crippen LogP contribution < -0.4 is 10.6 Å². The molecule has 20 heavy (non-hydrogen) atoms. The topological polar surface area (TPSA) is 84.3 Å². The molecule has 1 fully saturated rings. The van der Waals surface area contributed by atoms with Crippen molar-refractivity contribution in [1.82, 2.24) is 5.32 Å². The molecular formula is C14H19N3O3. The van der Waals surface area contributed by atoms with Gasteiger partial charge in [-0.1, -0.05) is 13.0 Å². The summed E-state index contributed by atoms with van der Waals surface area (Å²) >= 11 is 0. The van der Waals surface area contributed by atoms with Gasteiger partial charge in [0.1, 0.15) is 0 Å². The van der Waals surface area contributed by atoms with Crippen LogP contribution in [0.5, 0.6) is 0 Å². The lowest BCUT2D eigenvalue weighted by Gasteiger charge is -2.25. The van der Waals surface area contributed by atoms with E-state index in [0.717, 1.165) is 19.4 Å². The Labute approximate surface area is 117 Å². The van der Waals surface area contributed by atoms with Gasteiger partial charge in [-0.3, -0.25) is 14.9 Å². The average molecular weight is 277 g/mol. The fourth-order valence-corrected chi connectivity index (χ4v) is 2.55. The Hall–Kier alpha value is -1.95. The molecule has 0 spiro atoms. The molecule has 1 saturated heterocycles. The fraction of sp³-hybridized carbons (Fsp3) is 0.500. The first kappa shape index (κ1) is 14.5. The number of nitrogens with zero attached hydrogens (tertiary/aromatic N) is 1. The van der Waals surface area contributed by atoms with Crippen LogP contribution >= 0.6 is 0 Å². The number of nitrogens with one attached hydrogen (secondary N) is 2. The van der Waals surface area contributed by atoms with Crippen molar-refractivity contribution in [3.8, 4) is 0 Å². The van der Waals surface area contributed by atoms with Gasteiger partial charge in [-0.2, -0.15) is 0 Å². The summed E-state index contributed by atoms with van der Waals surface area (Å²) in [7, 11) is 0. The predicted octanol–water partition coefficient (Wildman–Crippen LogP) is 2.23. The number of anilines is 1. The van der Waals surface area contributed by atoms with Crippen LogP contribution in [0.3, 0.4) is 0 Å². The number of aryl methyl sites for hydroxylation is 1. The molecule has 0 bridgehead atoms. The van der Waals surface area contributed by atoms with Crippen molar-refractivity contribution in [3.05, 3.63) is 33.9 Å². The highest BCUT2D eigenvalue weighted by Gasteiger charge is 2.39. The number of hydrogen-bond acceptors (Lipinski definition) is 4. The van der Waals surface area contributed by atoms with Gasteiger partial charge in [0.2, 0.25) is 5.91 Å². The minimum atomic E-state index is -0.433. The number of amides is 1. The Morgan fingerprint density at radius 1 is 1.55 bits per heavy atom. The smallest absolute Gasteiger partial charge is 0.274 e. The molecule has 0 aliphatic carbocycles. The standard InChI is InChI=1S/C14H19N3O3/c1-3-14(6-7-15-9-14)13(18)16-11-5-4-10(2)12(8-11)17(19)20/h4-5,8,15H,3,6-7,9H2,1-2H3,(H,16,18). The highest BCUT2D eigenvalue weighted by molar-refractivity contribution is 5.96. The third-order valence-corrected chi connectivity index (χ3v) is 4.07. The monoisotopic (exact) mass is 277 g/mol. The Balaban J connectivity index is 2.19. The molecule has 108 valence electrons. The first-order valence-corrected chi connectivity index (χ1v) is 6.76. The van der Waals surface area contributed by atoms with Crippen LogP contribution in [-0.4, -0.2) is 23.9 Å². The Bertz CT molecular complexity index is 536. The summed E-state index contributed by atoms with van der Waals surface area (Å²) in [6.07, 6.45) is 1.54. The van der Waals surface area contributed by atoms with Crippen molar-refractivity contribution in [2.45, 2.75) is 26.7 Å². The van der Waals surface area contributed by atoms with Gasteiger partial charge >= 0.3 is 0 Å². The SMILES string of the molecule is CCC1(C(=O)Nc2ccc(C)c([N+](=O)[O-])c2)CCNC1. The molecule has 1 aromatic rings. The summed E-state index contributed by atoms with van der Waals surface area (Å²) in [6, 6.07) is 4.77. The van der Waals surface area contributed by atoms with Crippen LogP contribution in [0.4, 0.5) is 11.4 Å². The third kappa shape index (κ3) is 2.65. The van der Waals surface area contributed by atoms with Gasteiger partial charge in [0, 0.05) is 23.9 Å². The Morgan fingerprint density at radius 3 is 2.85 bits per heavy atom. The van der Waals surface area contributed by atoms with Gasteiger partial charge in [0.15, 0.2) is 0 Å². The average Bonchev–Trinajstić information content (AvgIpc) is 2.90. The lowest BCUT2D eigenvalue weighted by atomic mass is 9.83. The number of carbonyl (C=O) groups excluding carboxylic acids is 1. The molecule has 1 aliphatic rings. The molecule has 1 amide bonds. The minimum Gasteiger partial charge on any atom is -0.325 e. The van der Waals surface area contributed by atoms with E-state index in [0.29, 0.717) is 17.8 Å². The number of nitro benzene ring substituents is 1. The molecule has 2 N–H and O–H groups in total. The van der Waals surface area contributed by atoms with Crippen molar-refractivity contribution in [1.29, 1.82) is 0 Å². The summed E-state index contributed by atoms with van der Waals surface area (Å²) in [5.41, 5.74) is 0.685. The zero-order chi connectivity index (χ0) is 14.8. The molecule has 0 aromatic heterocycles. The van der Waals surface area contributed by atoms with Crippen molar-refractivity contribution in [3.63, 3.8) is 0 Å². The predicted molar refractivity (Wildman–Crippen MR) is 76.7 cm³/mol. The van der Waals surface area contributed by atoms with Gasteiger partial charge < -0.3 is 10.6 Å². The van der Waals surface area contributed by atoms with Gasteiger partial charge in [0.05, 0.1) is 10.3 Å². The van der Waals surface area contributed by atoms with E-state index in [1.807, 2.05) is 6.92 Å². The van der Waals surface area contributed by atoms with Crippen LogP contribution in [0, 0.1) is 22.5 Å². The minimum absolute atomic E-state index is 0.0258. The molecule has 1 atom stereocenters. The summed E-state index contributed by atoms with van der Waals surface area (Å²) in [4.78, 5) is 22.9. The number of hydrogen-bond donors (Lipinski definition) is 2. The van der Waals surface area contributed by atoms with Crippen LogP contribution in [0.25, 0.3) is 0 Å². The molecule has 6 nitrogen and oxygen atoms in total. The number of benzene rings is 1. The second-order valence-corrected chi connectivity index (χ2v) is 5.27. The van der Waals surface area contributed by atoms with Crippen molar-refractivity contribution < 1.29 is 9.72 Å². The largest absolute Gasteiger partial charge is 0.325 e. The van der Waals surface area contributed by atoms with Gasteiger partial charge in [-0.25, -0.2) is 0 Å². The second kappa shape index (κ2) is 5.58. The molecule has 1 aliphatic heterocycles. The maximum absolute atomic E-state index is 12.4. The zero-order valence-corrected chi connectivity index (χ0v) is 11.7. The first-order chi connectivity index (χ1) is 9.48. The van der Waals surface area contributed by atoms with Crippen LogP contribution in [0.2, 0.25) is 0 Å². The van der Waals surface area contributed by atoms with Crippen molar-refractivity contribution in [2.75, 3.05) is 18.4 Å². The Kier molecular flexibility index (Phi) is 4.04. The van der Waals surface area contributed by atoms with E-state index in [4.69, 9.17) is 0 Å². The number of nitro groups is 1. The van der Waals surface area contributed by atoms with Crippen LogP contribution in [0.15, 0.2) is 18.2 Å². The second-order valence-electron chi connectivity index (χ2n) is 5.27. The maximum Gasteiger partial charge on any atom is 0.274 e. The summed E-state index contributed by atoms with van der Waals surface area (Å²) in [5, 5.41) is 16.9. The van der Waals surface area contributed by atoms with E-state index in [9.17, 15) is 14.9 Å². The summed E-state index contributed by atoms with van der Waals surface area (Å²) in [6.45, 7) is 5.15. The Morgan fingerprint density at radius 2 is 2.30 bits per heavy atom. The zero-order valence-electron chi connectivity index (χ0n) is 11.7. The molecule has 2 rings (SSSR count). The van der Waals surface area contributed by atoms with Crippen molar-refractivity contribution >= 4 is 17.3 Å². The van der Waals surface area contributed by atoms with E-state index < -0.39 is 10.3 Å². The van der Waals surface area contributed by atoms with E-state index >= 15 is 0 Å².